The molecule has 0 saturated carbocycles. The molecule has 1 unspecified atom stereocenters. The van der Waals surface area contributed by atoms with Gasteiger partial charge in [-0.1, -0.05) is 52.0 Å². The van der Waals surface area contributed by atoms with Crippen molar-refractivity contribution in [2.75, 3.05) is 0 Å². The SMILES string of the molecule is CCc1ccccc1C(OC(C)C)C(C)(C)C. The van der Waals surface area contributed by atoms with Gasteiger partial charge < -0.3 is 4.74 Å². The summed E-state index contributed by atoms with van der Waals surface area (Å²) in [5, 5.41) is 0. The highest BCUT2D eigenvalue weighted by Gasteiger charge is 2.29. The van der Waals surface area contributed by atoms with Gasteiger partial charge in [-0.2, -0.15) is 0 Å². The van der Waals surface area contributed by atoms with Crippen molar-refractivity contribution in [3.05, 3.63) is 35.4 Å². The second-order valence-corrected chi connectivity index (χ2v) is 5.98. The Balaban J connectivity index is 3.12. The van der Waals surface area contributed by atoms with Crippen LogP contribution >= 0.6 is 0 Å². The summed E-state index contributed by atoms with van der Waals surface area (Å²) in [6.45, 7) is 13.1. The zero-order valence-corrected chi connectivity index (χ0v) is 12.1. The summed E-state index contributed by atoms with van der Waals surface area (Å²) in [7, 11) is 0. The molecule has 0 fully saturated rings. The zero-order valence-electron chi connectivity index (χ0n) is 12.1. The smallest absolute Gasteiger partial charge is 0.0879 e. The van der Waals surface area contributed by atoms with Crippen LogP contribution in [0.1, 0.15) is 58.8 Å². The van der Waals surface area contributed by atoms with Gasteiger partial charge >= 0.3 is 0 Å². The molecule has 1 aromatic rings. The van der Waals surface area contributed by atoms with Crippen LogP contribution in [0.15, 0.2) is 24.3 Å². The normalized spacial score (nSPS) is 14.1. The summed E-state index contributed by atoms with van der Waals surface area (Å²) in [5.41, 5.74) is 2.86. The molecule has 0 amide bonds. The van der Waals surface area contributed by atoms with Gasteiger partial charge in [0.2, 0.25) is 0 Å². The first-order chi connectivity index (χ1) is 7.86. The summed E-state index contributed by atoms with van der Waals surface area (Å²) < 4.78 is 6.14. The van der Waals surface area contributed by atoms with Gasteiger partial charge in [0.15, 0.2) is 0 Å². The van der Waals surface area contributed by atoms with Crippen molar-refractivity contribution in [2.24, 2.45) is 5.41 Å². The minimum absolute atomic E-state index is 0.121. The van der Waals surface area contributed by atoms with E-state index in [9.17, 15) is 0 Å². The van der Waals surface area contributed by atoms with Crippen LogP contribution in [-0.2, 0) is 11.2 Å². The molecule has 96 valence electrons. The van der Waals surface area contributed by atoms with E-state index in [2.05, 4.69) is 65.8 Å². The van der Waals surface area contributed by atoms with Crippen LogP contribution in [0.25, 0.3) is 0 Å². The van der Waals surface area contributed by atoms with Crippen molar-refractivity contribution in [2.45, 2.75) is 60.2 Å². The van der Waals surface area contributed by atoms with Crippen molar-refractivity contribution in [3.63, 3.8) is 0 Å². The first kappa shape index (κ1) is 14.2. The average Bonchev–Trinajstić information content (AvgIpc) is 2.24. The van der Waals surface area contributed by atoms with Crippen LogP contribution in [0.3, 0.4) is 0 Å². The number of hydrogen-bond acceptors (Lipinski definition) is 1. The van der Waals surface area contributed by atoms with Crippen LogP contribution in [-0.4, -0.2) is 6.10 Å². The molecule has 1 atom stereocenters. The van der Waals surface area contributed by atoms with Gasteiger partial charge in [0.25, 0.3) is 0 Å². The molecule has 0 radical (unpaired) electrons. The number of hydrogen-bond donors (Lipinski definition) is 0. The lowest BCUT2D eigenvalue weighted by atomic mass is 9.82. The maximum Gasteiger partial charge on any atom is 0.0879 e. The largest absolute Gasteiger partial charge is 0.370 e. The Morgan fingerprint density at radius 2 is 1.71 bits per heavy atom. The third kappa shape index (κ3) is 3.85. The second kappa shape index (κ2) is 5.68. The lowest BCUT2D eigenvalue weighted by molar-refractivity contribution is -0.0547. The molecule has 0 aromatic heterocycles. The Bertz CT molecular complexity index is 347. The van der Waals surface area contributed by atoms with E-state index >= 15 is 0 Å². The van der Waals surface area contributed by atoms with Gasteiger partial charge in [-0.25, -0.2) is 0 Å². The average molecular weight is 234 g/mol. The number of rotatable bonds is 4. The quantitative estimate of drug-likeness (QED) is 0.729. The molecule has 1 rings (SSSR count). The fraction of sp³-hybridized carbons (Fsp3) is 0.625. The summed E-state index contributed by atoms with van der Waals surface area (Å²) in [4.78, 5) is 0. The highest BCUT2D eigenvalue weighted by Crippen LogP contribution is 2.38. The van der Waals surface area contributed by atoms with E-state index in [1.165, 1.54) is 11.1 Å². The minimum Gasteiger partial charge on any atom is -0.370 e. The van der Waals surface area contributed by atoms with Gasteiger partial charge in [0, 0.05) is 0 Å². The van der Waals surface area contributed by atoms with E-state index in [1.54, 1.807) is 0 Å². The summed E-state index contributed by atoms with van der Waals surface area (Å²) >= 11 is 0. The van der Waals surface area contributed by atoms with Crippen molar-refractivity contribution >= 4 is 0 Å². The molecule has 0 N–H and O–H groups in total. The maximum atomic E-state index is 6.14. The highest BCUT2D eigenvalue weighted by atomic mass is 16.5. The fourth-order valence-electron chi connectivity index (χ4n) is 2.13. The first-order valence-electron chi connectivity index (χ1n) is 6.59. The standard InChI is InChI=1S/C16H26O/c1-7-13-10-8-9-11-14(13)15(16(4,5)6)17-12(2)3/h8-12,15H,7H2,1-6H3. The zero-order chi connectivity index (χ0) is 13.1. The monoisotopic (exact) mass is 234 g/mol. The minimum atomic E-state index is 0.121. The molecule has 0 spiro atoms. The molecule has 0 saturated heterocycles. The Kier molecular flexibility index (Phi) is 4.76. The van der Waals surface area contributed by atoms with Gasteiger partial charge in [0.05, 0.1) is 12.2 Å². The maximum absolute atomic E-state index is 6.14. The molecule has 0 bridgehead atoms. The van der Waals surface area contributed by atoms with Gasteiger partial charge in [-0.15, -0.1) is 0 Å². The fourth-order valence-corrected chi connectivity index (χ4v) is 2.13. The third-order valence-electron chi connectivity index (χ3n) is 2.91. The van der Waals surface area contributed by atoms with Crippen LogP contribution in [0.5, 0.6) is 0 Å². The van der Waals surface area contributed by atoms with Crippen molar-refractivity contribution < 1.29 is 4.74 Å². The van der Waals surface area contributed by atoms with E-state index in [4.69, 9.17) is 4.74 Å². The van der Waals surface area contributed by atoms with Crippen molar-refractivity contribution in [1.82, 2.24) is 0 Å². The molecular formula is C16H26O. The van der Waals surface area contributed by atoms with E-state index in [0.717, 1.165) is 6.42 Å². The Labute approximate surface area is 106 Å². The molecule has 0 aliphatic carbocycles. The van der Waals surface area contributed by atoms with E-state index < -0.39 is 0 Å². The van der Waals surface area contributed by atoms with Crippen LogP contribution in [0.4, 0.5) is 0 Å². The van der Waals surface area contributed by atoms with E-state index in [0.29, 0.717) is 0 Å². The highest BCUT2D eigenvalue weighted by molar-refractivity contribution is 5.30. The number of ether oxygens (including phenoxy) is 1. The number of benzene rings is 1. The predicted octanol–water partition coefficient (Wildman–Crippen LogP) is 4.76. The van der Waals surface area contributed by atoms with E-state index in [1.807, 2.05) is 0 Å². The topological polar surface area (TPSA) is 9.23 Å². The van der Waals surface area contributed by atoms with Gasteiger partial charge in [-0.05, 0) is 36.8 Å². The molecule has 0 aliphatic heterocycles. The third-order valence-corrected chi connectivity index (χ3v) is 2.91. The predicted molar refractivity (Wildman–Crippen MR) is 74.2 cm³/mol. The van der Waals surface area contributed by atoms with Gasteiger partial charge in [0.1, 0.15) is 0 Å². The second-order valence-electron chi connectivity index (χ2n) is 5.98. The summed E-state index contributed by atoms with van der Waals surface area (Å²) in [5.74, 6) is 0. The molecule has 1 heteroatoms. The Morgan fingerprint density at radius 1 is 1.12 bits per heavy atom. The number of aryl methyl sites for hydroxylation is 1. The first-order valence-corrected chi connectivity index (χ1v) is 6.59. The van der Waals surface area contributed by atoms with Crippen molar-refractivity contribution in [1.29, 1.82) is 0 Å². The molecule has 1 nitrogen and oxygen atoms in total. The van der Waals surface area contributed by atoms with Crippen LogP contribution in [0, 0.1) is 5.41 Å². The molecule has 17 heavy (non-hydrogen) atoms. The lowest BCUT2D eigenvalue weighted by Crippen LogP contribution is -2.25. The Hall–Kier alpha value is -0.820. The lowest BCUT2D eigenvalue weighted by Gasteiger charge is -2.34. The van der Waals surface area contributed by atoms with E-state index in [-0.39, 0.29) is 17.6 Å². The molecule has 1 aromatic carbocycles. The molecule has 0 heterocycles. The van der Waals surface area contributed by atoms with Gasteiger partial charge in [-0.3, -0.25) is 0 Å². The van der Waals surface area contributed by atoms with Crippen LogP contribution < -0.4 is 0 Å². The van der Waals surface area contributed by atoms with Crippen LogP contribution in [0.2, 0.25) is 0 Å². The summed E-state index contributed by atoms with van der Waals surface area (Å²) in [6, 6.07) is 8.63. The molecular weight excluding hydrogens is 208 g/mol. The Morgan fingerprint density at radius 3 is 2.18 bits per heavy atom. The van der Waals surface area contributed by atoms with Crippen molar-refractivity contribution in [3.8, 4) is 0 Å². The summed E-state index contributed by atoms with van der Waals surface area (Å²) in [6.07, 6.45) is 1.48. The molecule has 0 aliphatic rings.